The third-order valence-corrected chi connectivity index (χ3v) is 2.33. The second-order valence-electron chi connectivity index (χ2n) is 3.65. The van der Waals surface area contributed by atoms with Gasteiger partial charge in [-0.15, -0.1) is 0 Å². The maximum Gasteiger partial charge on any atom is 0.134 e. The van der Waals surface area contributed by atoms with Crippen molar-refractivity contribution in [3.05, 3.63) is 41.2 Å². The maximum absolute atomic E-state index is 13.1. The number of allylic oxidation sites excluding steroid dienone is 2. The summed E-state index contributed by atoms with van der Waals surface area (Å²) in [6.07, 6.45) is 2.23. The lowest BCUT2D eigenvalue weighted by Gasteiger charge is -2.09. The van der Waals surface area contributed by atoms with Gasteiger partial charge in [-0.1, -0.05) is 12.1 Å². The fraction of sp³-hybridized carbons (Fsp3) is 0.308. The van der Waals surface area contributed by atoms with Crippen LogP contribution >= 0.6 is 0 Å². The average molecular weight is 206 g/mol. The van der Waals surface area contributed by atoms with Crippen molar-refractivity contribution >= 4 is 11.4 Å². The van der Waals surface area contributed by atoms with E-state index in [4.69, 9.17) is 0 Å². The molecule has 0 heterocycles. The van der Waals surface area contributed by atoms with Gasteiger partial charge < -0.3 is 0 Å². The van der Waals surface area contributed by atoms with Crippen LogP contribution < -0.4 is 0 Å². The predicted octanol–water partition coefficient (Wildman–Crippen LogP) is 3.52. The Morgan fingerprint density at radius 2 is 2.13 bits per heavy atom. The molecule has 0 N–H and O–H groups in total. The summed E-state index contributed by atoms with van der Waals surface area (Å²) in [5, 5.41) is 0. The van der Waals surface area contributed by atoms with Gasteiger partial charge in [-0.05, 0) is 49.6 Å². The van der Waals surface area contributed by atoms with Gasteiger partial charge in [-0.3, -0.25) is 4.79 Å². The van der Waals surface area contributed by atoms with Gasteiger partial charge in [0.25, 0.3) is 0 Å². The molecule has 1 rings (SSSR count). The van der Waals surface area contributed by atoms with E-state index in [1.807, 2.05) is 19.9 Å². The van der Waals surface area contributed by atoms with Gasteiger partial charge in [-0.25, -0.2) is 4.39 Å². The molecule has 0 aromatic heterocycles. The van der Waals surface area contributed by atoms with Crippen LogP contribution in [0.4, 0.5) is 4.39 Å². The second-order valence-corrected chi connectivity index (χ2v) is 3.65. The third-order valence-electron chi connectivity index (χ3n) is 2.33. The molecule has 0 saturated heterocycles. The van der Waals surface area contributed by atoms with E-state index in [9.17, 15) is 9.18 Å². The summed E-state index contributed by atoms with van der Waals surface area (Å²) in [7, 11) is 0. The molecule has 1 nitrogen and oxygen atoms in total. The first-order valence-electron chi connectivity index (χ1n) is 4.95. The van der Waals surface area contributed by atoms with Crippen molar-refractivity contribution in [2.45, 2.75) is 27.2 Å². The van der Waals surface area contributed by atoms with Gasteiger partial charge in [0.05, 0.1) is 0 Å². The van der Waals surface area contributed by atoms with Crippen molar-refractivity contribution in [3.63, 3.8) is 0 Å². The number of ketones is 1. The van der Waals surface area contributed by atoms with Crippen LogP contribution in [-0.2, 0) is 4.79 Å². The van der Waals surface area contributed by atoms with Gasteiger partial charge in [0.15, 0.2) is 0 Å². The highest BCUT2D eigenvalue weighted by atomic mass is 19.1. The lowest BCUT2D eigenvalue weighted by atomic mass is 9.96. The van der Waals surface area contributed by atoms with E-state index >= 15 is 0 Å². The minimum Gasteiger partial charge on any atom is -0.300 e. The summed E-state index contributed by atoms with van der Waals surface area (Å²) in [6.45, 7) is 5.32. The Labute approximate surface area is 89.6 Å². The van der Waals surface area contributed by atoms with Crippen molar-refractivity contribution in [2.24, 2.45) is 0 Å². The van der Waals surface area contributed by atoms with E-state index in [-0.39, 0.29) is 11.6 Å². The number of carbonyl (C=O) groups excluding carboxylic acids is 1. The summed E-state index contributed by atoms with van der Waals surface area (Å²) in [5.41, 5.74) is 2.71. The van der Waals surface area contributed by atoms with Crippen molar-refractivity contribution in [1.82, 2.24) is 0 Å². The van der Waals surface area contributed by atoms with Gasteiger partial charge in [0, 0.05) is 6.42 Å². The number of benzene rings is 1. The van der Waals surface area contributed by atoms with E-state index in [1.165, 1.54) is 19.1 Å². The van der Waals surface area contributed by atoms with E-state index in [2.05, 4.69) is 0 Å². The topological polar surface area (TPSA) is 17.1 Å². The van der Waals surface area contributed by atoms with Crippen LogP contribution in [0.5, 0.6) is 0 Å². The van der Waals surface area contributed by atoms with Crippen molar-refractivity contribution in [1.29, 1.82) is 0 Å². The molecule has 0 amide bonds. The molecular formula is C13H15FO. The maximum atomic E-state index is 13.1. The van der Waals surface area contributed by atoms with Gasteiger partial charge in [0.2, 0.25) is 0 Å². The van der Waals surface area contributed by atoms with Crippen LogP contribution in [0.25, 0.3) is 5.57 Å². The number of Topliss-reactive ketones (excluding diaryl/α,β-unsaturated/α-hetero) is 1. The first kappa shape index (κ1) is 11.6. The molecule has 2 heteroatoms. The lowest BCUT2D eigenvalue weighted by molar-refractivity contribution is -0.116. The molecule has 0 atom stereocenters. The van der Waals surface area contributed by atoms with Gasteiger partial charge in [-0.2, -0.15) is 0 Å². The lowest BCUT2D eigenvalue weighted by Crippen LogP contribution is -1.96. The molecule has 0 aliphatic heterocycles. The molecule has 0 spiro atoms. The molecular weight excluding hydrogens is 191 g/mol. The molecule has 1 aromatic rings. The van der Waals surface area contributed by atoms with Crippen LogP contribution in [0, 0.1) is 12.7 Å². The number of halogens is 1. The highest BCUT2D eigenvalue weighted by molar-refractivity contribution is 5.89. The molecule has 0 fully saturated rings. The Bertz CT molecular complexity index is 405. The normalized spacial score (nSPS) is 11.6. The Balaban J connectivity index is 3.12. The molecule has 0 unspecified atom stereocenters. The Kier molecular flexibility index (Phi) is 3.78. The molecule has 0 bridgehead atoms. The molecule has 0 aliphatic rings. The Hall–Kier alpha value is -1.44. The summed E-state index contributed by atoms with van der Waals surface area (Å²) < 4.78 is 13.1. The number of carbonyl (C=O) groups is 1. The average Bonchev–Trinajstić information content (AvgIpc) is 2.18. The van der Waals surface area contributed by atoms with Crippen LogP contribution in [-0.4, -0.2) is 5.78 Å². The van der Waals surface area contributed by atoms with Crippen molar-refractivity contribution in [3.8, 4) is 0 Å². The quantitative estimate of drug-likeness (QED) is 0.739. The van der Waals surface area contributed by atoms with Crippen molar-refractivity contribution in [2.75, 3.05) is 0 Å². The van der Waals surface area contributed by atoms with Gasteiger partial charge in [0.1, 0.15) is 11.6 Å². The smallest absolute Gasteiger partial charge is 0.134 e. The summed E-state index contributed by atoms with van der Waals surface area (Å²) >= 11 is 0. The highest BCUT2D eigenvalue weighted by Gasteiger charge is 2.07. The standard InChI is InChI=1S/C13H15FO/c1-4-11(7-10(3)15)13-8-12(14)6-5-9(13)2/h4-6,8H,7H2,1-3H3/b11-4-. The SMILES string of the molecule is C/C=C(/CC(C)=O)c1cc(F)ccc1C. The molecule has 0 radical (unpaired) electrons. The zero-order valence-corrected chi connectivity index (χ0v) is 9.30. The third kappa shape index (κ3) is 3.01. The molecule has 15 heavy (non-hydrogen) atoms. The fourth-order valence-corrected chi connectivity index (χ4v) is 1.56. The fourth-order valence-electron chi connectivity index (χ4n) is 1.56. The van der Waals surface area contributed by atoms with E-state index in [1.54, 1.807) is 6.07 Å². The number of rotatable bonds is 3. The number of hydrogen-bond acceptors (Lipinski definition) is 1. The predicted molar refractivity (Wildman–Crippen MR) is 60.1 cm³/mol. The van der Waals surface area contributed by atoms with Crippen LogP contribution in [0.2, 0.25) is 0 Å². The van der Waals surface area contributed by atoms with E-state index in [0.29, 0.717) is 6.42 Å². The zero-order valence-electron chi connectivity index (χ0n) is 9.30. The first-order chi connectivity index (χ1) is 7.04. The van der Waals surface area contributed by atoms with Crippen LogP contribution in [0.15, 0.2) is 24.3 Å². The van der Waals surface area contributed by atoms with Crippen LogP contribution in [0.1, 0.15) is 31.4 Å². The summed E-state index contributed by atoms with van der Waals surface area (Å²) in [4.78, 5) is 11.0. The Morgan fingerprint density at radius 3 is 2.67 bits per heavy atom. The highest BCUT2D eigenvalue weighted by Crippen LogP contribution is 2.23. The number of aryl methyl sites for hydroxylation is 1. The molecule has 0 aliphatic carbocycles. The molecule has 1 aromatic carbocycles. The molecule has 0 saturated carbocycles. The Morgan fingerprint density at radius 1 is 1.47 bits per heavy atom. The summed E-state index contributed by atoms with van der Waals surface area (Å²) in [6, 6.07) is 4.64. The monoisotopic (exact) mass is 206 g/mol. The van der Waals surface area contributed by atoms with Gasteiger partial charge >= 0.3 is 0 Å². The van der Waals surface area contributed by atoms with E-state index in [0.717, 1.165) is 16.7 Å². The van der Waals surface area contributed by atoms with Crippen LogP contribution in [0.3, 0.4) is 0 Å². The number of hydrogen-bond donors (Lipinski definition) is 0. The zero-order chi connectivity index (χ0) is 11.4. The molecule has 80 valence electrons. The second kappa shape index (κ2) is 4.87. The van der Waals surface area contributed by atoms with Crippen molar-refractivity contribution < 1.29 is 9.18 Å². The minimum absolute atomic E-state index is 0.0896. The largest absolute Gasteiger partial charge is 0.300 e. The minimum atomic E-state index is -0.265. The first-order valence-corrected chi connectivity index (χ1v) is 4.95. The summed E-state index contributed by atoms with van der Waals surface area (Å²) in [5.74, 6) is -0.176. The van der Waals surface area contributed by atoms with E-state index < -0.39 is 0 Å².